The molecule has 1 heterocycles. The minimum atomic E-state index is -0.901. The molecule has 98 valence electrons. The van der Waals surface area contributed by atoms with E-state index in [1.54, 1.807) is 0 Å². The van der Waals surface area contributed by atoms with Crippen molar-refractivity contribution in [1.82, 2.24) is 9.97 Å². The fourth-order valence-electron chi connectivity index (χ4n) is 2.09. The lowest BCUT2D eigenvalue weighted by Crippen LogP contribution is -2.46. The molecule has 1 aromatic heterocycles. The monoisotopic (exact) mass is 269 g/mol. The van der Waals surface area contributed by atoms with Crippen LogP contribution in [0.1, 0.15) is 19.3 Å². The van der Waals surface area contributed by atoms with Crippen LogP contribution < -0.4 is 11.3 Å². The molecule has 2 unspecified atom stereocenters. The number of hydrogen-bond acceptors (Lipinski definition) is 6. The number of ether oxygens (including phenoxy) is 1. The van der Waals surface area contributed by atoms with E-state index in [1.807, 2.05) is 0 Å². The standard InChI is InChI=1S/C11H15N3O3S/c1-17-9(16)11(12)4-2-7(6-11)18-10-13-5-3-8(15)14-10/h3,5,7H,2,4,6,12H2,1H3,(H,13,14,15). The van der Waals surface area contributed by atoms with Crippen molar-refractivity contribution in [3.8, 4) is 0 Å². The molecule has 0 radical (unpaired) electrons. The summed E-state index contributed by atoms with van der Waals surface area (Å²) < 4.78 is 4.71. The summed E-state index contributed by atoms with van der Waals surface area (Å²) in [4.78, 5) is 29.4. The number of hydrogen-bond donors (Lipinski definition) is 2. The van der Waals surface area contributed by atoms with Gasteiger partial charge in [0.15, 0.2) is 5.16 Å². The van der Waals surface area contributed by atoms with Crippen molar-refractivity contribution in [1.29, 1.82) is 0 Å². The maximum absolute atomic E-state index is 11.6. The van der Waals surface area contributed by atoms with Gasteiger partial charge in [-0.1, -0.05) is 11.8 Å². The third-order valence-corrected chi connectivity index (χ3v) is 4.19. The van der Waals surface area contributed by atoms with Crippen LogP contribution in [0.25, 0.3) is 0 Å². The first-order valence-electron chi connectivity index (χ1n) is 5.63. The molecule has 3 N–H and O–H groups in total. The molecule has 1 saturated carbocycles. The highest BCUT2D eigenvalue weighted by Gasteiger charge is 2.43. The van der Waals surface area contributed by atoms with Crippen molar-refractivity contribution in [2.45, 2.75) is 35.2 Å². The van der Waals surface area contributed by atoms with Crippen molar-refractivity contribution in [3.63, 3.8) is 0 Å². The Balaban J connectivity index is 2.02. The number of thioether (sulfide) groups is 1. The summed E-state index contributed by atoms with van der Waals surface area (Å²) in [6, 6.07) is 1.36. The summed E-state index contributed by atoms with van der Waals surface area (Å²) in [6.07, 6.45) is 3.39. The molecular formula is C11H15N3O3S. The summed E-state index contributed by atoms with van der Waals surface area (Å²) in [5.74, 6) is -0.375. The Morgan fingerprint density at radius 2 is 2.50 bits per heavy atom. The minimum Gasteiger partial charge on any atom is -0.468 e. The molecule has 0 spiro atoms. The Labute approximate surface area is 108 Å². The minimum absolute atomic E-state index is 0.166. The average molecular weight is 269 g/mol. The molecule has 6 nitrogen and oxygen atoms in total. The van der Waals surface area contributed by atoms with Gasteiger partial charge in [-0.2, -0.15) is 0 Å². The van der Waals surface area contributed by atoms with Gasteiger partial charge < -0.3 is 15.5 Å². The van der Waals surface area contributed by atoms with E-state index in [0.29, 0.717) is 18.0 Å². The number of H-pyrrole nitrogens is 1. The summed E-state index contributed by atoms with van der Waals surface area (Å²) >= 11 is 1.44. The predicted molar refractivity (Wildman–Crippen MR) is 67.3 cm³/mol. The molecule has 1 aromatic rings. The predicted octanol–water partition coefficient (Wildman–Crippen LogP) is 0.285. The van der Waals surface area contributed by atoms with Crippen LogP contribution in [0.15, 0.2) is 22.2 Å². The molecule has 1 aliphatic carbocycles. The fraction of sp³-hybridized carbons (Fsp3) is 0.545. The van der Waals surface area contributed by atoms with Crippen LogP contribution in [0.5, 0.6) is 0 Å². The first-order valence-corrected chi connectivity index (χ1v) is 6.51. The molecule has 0 saturated heterocycles. The van der Waals surface area contributed by atoms with Gasteiger partial charge in [-0.15, -0.1) is 0 Å². The topological polar surface area (TPSA) is 98.1 Å². The van der Waals surface area contributed by atoms with Gasteiger partial charge in [0.05, 0.1) is 7.11 Å². The number of nitrogens with one attached hydrogen (secondary N) is 1. The van der Waals surface area contributed by atoms with Gasteiger partial charge in [0.1, 0.15) is 5.54 Å². The zero-order valence-electron chi connectivity index (χ0n) is 10.0. The van der Waals surface area contributed by atoms with Crippen molar-refractivity contribution in [3.05, 3.63) is 22.6 Å². The van der Waals surface area contributed by atoms with E-state index >= 15 is 0 Å². The Hall–Kier alpha value is -1.34. The molecule has 2 atom stereocenters. The van der Waals surface area contributed by atoms with Gasteiger partial charge in [-0.05, 0) is 19.3 Å². The Bertz CT molecular complexity index is 504. The van der Waals surface area contributed by atoms with E-state index in [0.717, 1.165) is 6.42 Å². The number of aromatic amines is 1. The number of nitrogens with two attached hydrogens (primary N) is 1. The van der Waals surface area contributed by atoms with Crippen LogP contribution in [0.4, 0.5) is 0 Å². The molecule has 2 rings (SSSR count). The van der Waals surface area contributed by atoms with Crippen LogP contribution in [0.3, 0.4) is 0 Å². The lowest BCUT2D eigenvalue weighted by Gasteiger charge is -2.20. The fourth-order valence-corrected chi connectivity index (χ4v) is 3.30. The molecule has 0 bridgehead atoms. The molecule has 1 fully saturated rings. The maximum atomic E-state index is 11.6. The Morgan fingerprint density at radius 1 is 1.72 bits per heavy atom. The first kappa shape index (κ1) is 13.1. The van der Waals surface area contributed by atoms with Crippen LogP contribution >= 0.6 is 11.8 Å². The Kier molecular flexibility index (Phi) is 3.72. The van der Waals surface area contributed by atoms with Crippen molar-refractivity contribution < 1.29 is 9.53 Å². The number of aromatic nitrogens is 2. The quantitative estimate of drug-likeness (QED) is 0.604. The second kappa shape index (κ2) is 5.11. The Morgan fingerprint density at radius 3 is 3.17 bits per heavy atom. The SMILES string of the molecule is COC(=O)C1(N)CCC(Sc2nccc(=O)[nH]2)C1. The summed E-state index contributed by atoms with van der Waals surface area (Å²) in [5.41, 5.74) is 4.92. The zero-order chi connectivity index (χ0) is 13.2. The smallest absolute Gasteiger partial charge is 0.325 e. The van der Waals surface area contributed by atoms with E-state index in [1.165, 1.54) is 31.1 Å². The third kappa shape index (κ3) is 2.73. The highest BCUT2D eigenvalue weighted by atomic mass is 32.2. The number of rotatable bonds is 3. The highest BCUT2D eigenvalue weighted by Crippen LogP contribution is 2.38. The van der Waals surface area contributed by atoms with Crippen LogP contribution in [0.2, 0.25) is 0 Å². The molecular weight excluding hydrogens is 254 g/mol. The zero-order valence-corrected chi connectivity index (χ0v) is 10.8. The molecule has 0 amide bonds. The summed E-state index contributed by atoms with van der Waals surface area (Å²) in [7, 11) is 1.34. The van der Waals surface area contributed by atoms with E-state index in [4.69, 9.17) is 10.5 Å². The van der Waals surface area contributed by atoms with Crippen molar-refractivity contribution >= 4 is 17.7 Å². The van der Waals surface area contributed by atoms with Crippen LogP contribution in [0, 0.1) is 0 Å². The van der Waals surface area contributed by atoms with Crippen molar-refractivity contribution in [2.75, 3.05) is 7.11 Å². The van der Waals surface area contributed by atoms with Gasteiger partial charge in [-0.25, -0.2) is 4.98 Å². The lowest BCUT2D eigenvalue weighted by atomic mass is 10.00. The molecule has 1 aliphatic rings. The van der Waals surface area contributed by atoms with E-state index < -0.39 is 5.54 Å². The number of carbonyl (C=O) groups is 1. The molecule has 7 heteroatoms. The van der Waals surface area contributed by atoms with Crippen LogP contribution in [-0.4, -0.2) is 33.8 Å². The highest BCUT2D eigenvalue weighted by molar-refractivity contribution is 7.99. The van der Waals surface area contributed by atoms with E-state index in [-0.39, 0.29) is 16.8 Å². The normalized spacial score (nSPS) is 27.1. The molecule has 0 aromatic carbocycles. The number of esters is 1. The average Bonchev–Trinajstić information content (AvgIpc) is 2.71. The van der Waals surface area contributed by atoms with Crippen molar-refractivity contribution in [2.24, 2.45) is 5.73 Å². The van der Waals surface area contributed by atoms with Gasteiger partial charge >= 0.3 is 5.97 Å². The summed E-state index contributed by atoms with van der Waals surface area (Å²) in [6.45, 7) is 0. The van der Waals surface area contributed by atoms with E-state index in [9.17, 15) is 9.59 Å². The van der Waals surface area contributed by atoms with Gasteiger partial charge in [0.2, 0.25) is 0 Å². The largest absolute Gasteiger partial charge is 0.468 e. The first-order chi connectivity index (χ1) is 8.53. The van der Waals surface area contributed by atoms with Gasteiger partial charge in [-0.3, -0.25) is 9.59 Å². The third-order valence-electron chi connectivity index (χ3n) is 3.02. The van der Waals surface area contributed by atoms with Gasteiger partial charge in [0, 0.05) is 17.5 Å². The second-order valence-electron chi connectivity index (χ2n) is 4.37. The number of carbonyl (C=O) groups excluding carboxylic acids is 1. The summed E-state index contributed by atoms with van der Waals surface area (Å²) in [5, 5.41) is 0.723. The second-order valence-corrected chi connectivity index (χ2v) is 5.66. The number of methoxy groups -OCH3 is 1. The molecule has 18 heavy (non-hydrogen) atoms. The maximum Gasteiger partial charge on any atom is 0.325 e. The number of nitrogens with zero attached hydrogens (tertiary/aromatic N) is 1. The van der Waals surface area contributed by atoms with E-state index in [2.05, 4.69) is 9.97 Å². The van der Waals surface area contributed by atoms with Gasteiger partial charge in [0.25, 0.3) is 5.56 Å². The lowest BCUT2D eigenvalue weighted by molar-refractivity contribution is -0.146. The molecule has 0 aliphatic heterocycles. The van der Waals surface area contributed by atoms with Crippen LogP contribution in [-0.2, 0) is 9.53 Å².